The second-order valence-electron chi connectivity index (χ2n) is 4.70. The van der Waals surface area contributed by atoms with Gasteiger partial charge in [0.15, 0.2) is 0 Å². The van der Waals surface area contributed by atoms with Crippen LogP contribution in [0.4, 0.5) is 0 Å². The minimum Gasteiger partial charge on any atom is -0.343 e. The molecule has 0 saturated heterocycles. The number of nitrogens with zero attached hydrogens (tertiary/aromatic N) is 2. The van der Waals surface area contributed by atoms with Gasteiger partial charge in [0.25, 0.3) is 0 Å². The van der Waals surface area contributed by atoms with E-state index in [2.05, 4.69) is 56.2 Å². The van der Waals surface area contributed by atoms with Gasteiger partial charge in [-0.3, -0.25) is 0 Å². The largest absolute Gasteiger partial charge is 0.343 e. The molecule has 1 N–H and O–H groups in total. The summed E-state index contributed by atoms with van der Waals surface area (Å²) in [6.07, 6.45) is 7.19. The van der Waals surface area contributed by atoms with Crippen molar-refractivity contribution in [2.24, 2.45) is 10.9 Å². The molecule has 3 heteroatoms. The Morgan fingerprint density at radius 2 is 2.00 bits per heavy atom. The predicted octanol–water partition coefficient (Wildman–Crippen LogP) is 3.02. The van der Waals surface area contributed by atoms with Crippen molar-refractivity contribution < 1.29 is 0 Å². The van der Waals surface area contributed by atoms with Crippen LogP contribution in [0.15, 0.2) is 28.7 Å². The van der Waals surface area contributed by atoms with Gasteiger partial charge in [0.1, 0.15) is 5.82 Å². The number of aliphatic imine (C=N–C) groups is 1. The summed E-state index contributed by atoms with van der Waals surface area (Å²) >= 11 is 0. The molecular formula is C14H27N3. The second-order valence-corrected chi connectivity index (χ2v) is 4.70. The van der Waals surface area contributed by atoms with Gasteiger partial charge in [-0.1, -0.05) is 26.8 Å². The lowest BCUT2D eigenvalue weighted by molar-refractivity contribution is 0.435. The van der Waals surface area contributed by atoms with E-state index in [0.717, 1.165) is 18.8 Å². The van der Waals surface area contributed by atoms with Crippen molar-refractivity contribution in [2.45, 2.75) is 34.1 Å². The summed E-state index contributed by atoms with van der Waals surface area (Å²) in [7, 11) is 4.13. The van der Waals surface area contributed by atoms with Gasteiger partial charge in [-0.25, -0.2) is 4.99 Å². The van der Waals surface area contributed by atoms with Crippen molar-refractivity contribution in [2.75, 3.05) is 20.6 Å². The first-order valence-electron chi connectivity index (χ1n) is 6.30. The molecule has 0 atom stereocenters. The monoisotopic (exact) mass is 237 g/mol. The van der Waals surface area contributed by atoms with Gasteiger partial charge < -0.3 is 10.2 Å². The average molecular weight is 237 g/mol. The van der Waals surface area contributed by atoms with Crippen molar-refractivity contribution in [3.63, 3.8) is 0 Å². The van der Waals surface area contributed by atoms with E-state index >= 15 is 0 Å². The average Bonchev–Trinajstić information content (AvgIpc) is 2.23. The Labute approximate surface area is 106 Å². The van der Waals surface area contributed by atoms with E-state index in [1.165, 1.54) is 5.70 Å². The van der Waals surface area contributed by atoms with Crippen LogP contribution >= 0.6 is 0 Å². The van der Waals surface area contributed by atoms with E-state index in [9.17, 15) is 0 Å². The van der Waals surface area contributed by atoms with Gasteiger partial charge in [0, 0.05) is 18.5 Å². The van der Waals surface area contributed by atoms with Crippen LogP contribution in [-0.4, -0.2) is 31.8 Å². The molecule has 0 aromatic rings. The molecular weight excluding hydrogens is 210 g/mol. The fourth-order valence-electron chi connectivity index (χ4n) is 1.32. The van der Waals surface area contributed by atoms with Gasteiger partial charge in [0.05, 0.1) is 0 Å². The maximum absolute atomic E-state index is 4.44. The van der Waals surface area contributed by atoms with Crippen molar-refractivity contribution in [3.05, 3.63) is 23.7 Å². The van der Waals surface area contributed by atoms with Crippen molar-refractivity contribution in [1.29, 1.82) is 0 Å². The number of likely N-dealkylation sites (N-methyl/N-ethyl adjacent to an activating group) is 1. The summed E-state index contributed by atoms with van der Waals surface area (Å²) in [4.78, 5) is 6.58. The standard InChI is InChI=1S/C14H27N3/c1-7-9-13(11-17(5)6)16-14(8-2)15-10-12(3)4/h8-10,12,16H,7,11H2,1-6H3/b13-9+,14-8+,15-10-. The molecule has 0 aliphatic heterocycles. The summed E-state index contributed by atoms with van der Waals surface area (Å²) in [5.74, 6) is 1.39. The molecule has 0 aliphatic carbocycles. The Balaban J connectivity index is 4.56. The van der Waals surface area contributed by atoms with Crippen LogP contribution in [0.3, 0.4) is 0 Å². The topological polar surface area (TPSA) is 27.6 Å². The van der Waals surface area contributed by atoms with Gasteiger partial charge in [0.2, 0.25) is 0 Å². The molecule has 17 heavy (non-hydrogen) atoms. The third kappa shape index (κ3) is 8.69. The highest BCUT2D eigenvalue weighted by Crippen LogP contribution is 2.01. The smallest absolute Gasteiger partial charge is 0.125 e. The van der Waals surface area contributed by atoms with E-state index in [-0.39, 0.29) is 0 Å². The Bertz CT molecular complexity index is 286. The maximum Gasteiger partial charge on any atom is 0.125 e. The molecule has 0 unspecified atom stereocenters. The normalized spacial score (nSPS) is 14.1. The molecule has 0 radical (unpaired) electrons. The molecule has 0 aliphatic rings. The van der Waals surface area contributed by atoms with Gasteiger partial charge >= 0.3 is 0 Å². The molecule has 3 nitrogen and oxygen atoms in total. The molecule has 0 heterocycles. The third-order valence-electron chi connectivity index (χ3n) is 2.01. The highest BCUT2D eigenvalue weighted by atomic mass is 15.1. The summed E-state index contributed by atoms with van der Waals surface area (Å²) in [6, 6.07) is 0. The molecule has 0 rings (SSSR count). The summed E-state index contributed by atoms with van der Waals surface area (Å²) < 4.78 is 0. The van der Waals surface area contributed by atoms with Crippen LogP contribution in [0.2, 0.25) is 0 Å². The highest BCUT2D eigenvalue weighted by Gasteiger charge is 2.00. The summed E-state index contributed by atoms with van der Waals surface area (Å²) in [5.41, 5.74) is 1.20. The molecule has 0 fully saturated rings. The highest BCUT2D eigenvalue weighted by molar-refractivity contribution is 5.61. The Morgan fingerprint density at radius 3 is 2.41 bits per heavy atom. The minimum absolute atomic E-state index is 0.471. The van der Waals surface area contributed by atoms with Crippen LogP contribution in [0, 0.1) is 5.92 Å². The summed E-state index contributed by atoms with van der Waals surface area (Å²) in [6.45, 7) is 9.30. The molecule has 0 saturated carbocycles. The van der Waals surface area contributed by atoms with E-state index in [1.807, 2.05) is 19.2 Å². The first kappa shape index (κ1) is 15.9. The Hall–Kier alpha value is -1.09. The van der Waals surface area contributed by atoms with E-state index in [0.29, 0.717) is 5.92 Å². The molecule has 0 amide bonds. The van der Waals surface area contributed by atoms with E-state index in [4.69, 9.17) is 0 Å². The lowest BCUT2D eigenvalue weighted by atomic mass is 10.2. The summed E-state index contributed by atoms with van der Waals surface area (Å²) in [5, 5.41) is 3.37. The third-order valence-corrected chi connectivity index (χ3v) is 2.01. The maximum atomic E-state index is 4.44. The number of rotatable bonds is 7. The Kier molecular flexibility index (Phi) is 8.42. The fraction of sp³-hybridized carbons (Fsp3) is 0.643. The number of hydrogen-bond acceptors (Lipinski definition) is 3. The van der Waals surface area contributed by atoms with Crippen LogP contribution < -0.4 is 5.32 Å². The predicted molar refractivity (Wildman–Crippen MR) is 77.2 cm³/mol. The molecule has 98 valence electrons. The van der Waals surface area contributed by atoms with Gasteiger partial charge in [-0.05, 0) is 39.4 Å². The molecule has 0 aromatic carbocycles. The quantitative estimate of drug-likeness (QED) is 0.689. The van der Waals surface area contributed by atoms with Crippen molar-refractivity contribution in [3.8, 4) is 0 Å². The first-order valence-corrected chi connectivity index (χ1v) is 6.30. The number of allylic oxidation sites excluding steroid dienone is 2. The van der Waals surface area contributed by atoms with Crippen LogP contribution in [0.25, 0.3) is 0 Å². The Morgan fingerprint density at radius 1 is 1.35 bits per heavy atom. The zero-order valence-electron chi connectivity index (χ0n) is 12.1. The lowest BCUT2D eigenvalue weighted by Gasteiger charge is -2.16. The minimum atomic E-state index is 0.471. The first-order chi connectivity index (χ1) is 7.99. The zero-order valence-corrected chi connectivity index (χ0v) is 12.1. The zero-order chi connectivity index (χ0) is 13.3. The van der Waals surface area contributed by atoms with Crippen LogP contribution in [-0.2, 0) is 0 Å². The molecule has 0 spiro atoms. The van der Waals surface area contributed by atoms with E-state index < -0.39 is 0 Å². The SMILES string of the molecule is C/C=C(\N=C/C(C)C)N/C(=C/CC)CN(C)C. The number of hydrogen-bond donors (Lipinski definition) is 1. The molecule has 0 aromatic heterocycles. The second kappa shape index (κ2) is 8.99. The van der Waals surface area contributed by atoms with Crippen LogP contribution in [0.1, 0.15) is 34.1 Å². The number of nitrogens with one attached hydrogen (secondary N) is 1. The van der Waals surface area contributed by atoms with Crippen LogP contribution in [0.5, 0.6) is 0 Å². The van der Waals surface area contributed by atoms with Crippen molar-refractivity contribution >= 4 is 6.21 Å². The lowest BCUT2D eigenvalue weighted by Crippen LogP contribution is -2.24. The van der Waals surface area contributed by atoms with Crippen molar-refractivity contribution in [1.82, 2.24) is 10.2 Å². The van der Waals surface area contributed by atoms with Gasteiger partial charge in [-0.2, -0.15) is 0 Å². The van der Waals surface area contributed by atoms with Gasteiger partial charge in [-0.15, -0.1) is 0 Å². The molecule has 0 bridgehead atoms. The van der Waals surface area contributed by atoms with E-state index in [1.54, 1.807) is 0 Å². The fourth-order valence-corrected chi connectivity index (χ4v) is 1.32.